The lowest BCUT2D eigenvalue weighted by Gasteiger charge is -2.07. The number of hydrogen-bond acceptors (Lipinski definition) is 3. The van der Waals surface area contributed by atoms with E-state index in [0.29, 0.717) is 28.8 Å². The summed E-state index contributed by atoms with van der Waals surface area (Å²) in [5.41, 5.74) is 2.43. The zero-order chi connectivity index (χ0) is 18.2. The molecule has 0 spiro atoms. The Morgan fingerprint density at radius 3 is 2.72 bits per heavy atom. The molecule has 2 aromatic rings. The summed E-state index contributed by atoms with van der Waals surface area (Å²) in [5.74, 6) is -0.341. The number of rotatable bonds is 7. The number of carbonyl (C=O) groups excluding carboxylic acids is 1. The predicted octanol–water partition coefficient (Wildman–Crippen LogP) is 5.10. The van der Waals surface area contributed by atoms with E-state index in [9.17, 15) is 9.18 Å². The van der Waals surface area contributed by atoms with Crippen molar-refractivity contribution in [2.24, 2.45) is 5.10 Å². The van der Waals surface area contributed by atoms with Crippen LogP contribution in [0.1, 0.15) is 18.4 Å². The van der Waals surface area contributed by atoms with Gasteiger partial charge in [0.05, 0.1) is 22.9 Å². The van der Waals surface area contributed by atoms with Crippen LogP contribution >= 0.6 is 34.8 Å². The molecule has 0 radical (unpaired) electrons. The van der Waals surface area contributed by atoms with Crippen LogP contribution in [0.3, 0.4) is 0 Å². The van der Waals surface area contributed by atoms with Crippen molar-refractivity contribution in [2.75, 3.05) is 6.61 Å². The molecule has 0 aromatic heterocycles. The van der Waals surface area contributed by atoms with E-state index >= 15 is 0 Å². The van der Waals surface area contributed by atoms with Gasteiger partial charge in [0.15, 0.2) is 0 Å². The van der Waals surface area contributed by atoms with Crippen LogP contribution in [-0.2, 0) is 4.79 Å². The van der Waals surface area contributed by atoms with Crippen LogP contribution in [0, 0.1) is 5.82 Å². The Morgan fingerprint density at radius 2 is 2.00 bits per heavy atom. The van der Waals surface area contributed by atoms with E-state index in [-0.39, 0.29) is 22.9 Å². The second kappa shape index (κ2) is 9.61. The summed E-state index contributed by atoms with van der Waals surface area (Å²) < 4.78 is 19.0. The molecule has 0 unspecified atom stereocenters. The predicted molar refractivity (Wildman–Crippen MR) is 98.3 cm³/mol. The first kappa shape index (κ1) is 19.5. The van der Waals surface area contributed by atoms with Gasteiger partial charge in [-0.1, -0.05) is 40.9 Å². The number of nitrogens with one attached hydrogen (secondary N) is 1. The summed E-state index contributed by atoms with van der Waals surface area (Å²) in [4.78, 5) is 11.7. The number of hydrazone groups is 1. The molecule has 0 saturated heterocycles. The quantitative estimate of drug-likeness (QED) is 0.397. The monoisotopic (exact) mass is 402 g/mol. The maximum absolute atomic E-state index is 13.5. The van der Waals surface area contributed by atoms with Crippen molar-refractivity contribution in [3.8, 4) is 5.75 Å². The number of halogens is 4. The maximum Gasteiger partial charge on any atom is 0.240 e. The molecule has 1 amide bonds. The Hall–Kier alpha value is -1.82. The highest BCUT2D eigenvalue weighted by Crippen LogP contribution is 2.27. The first-order valence-corrected chi connectivity index (χ1v) is 8.44. The third-order valence-electron chi connectivity index (χ3n) is 3.08. The van der Waals surface area contributed by atoms with Gasteiger partial charge in [-0.15, -0.1) is 0 Å². The molecular formula is C17H14Cl3FN2O2. The molecule has 0 aliphatic carbocycles. The van der Waals surface area contributed by atoms with Crippen LogP contribution in [0.25, 0.3) is 0 Å². The van der Waals surface area contributed by atoms with Gasteiger partial charge < -0.3 is 4.74 Å². The van der Waals surface area contributed by atoms with Crippen molar-refractivity contribution in [1.82, 2.24) is 5.43 Å². The molecule has 0 heterocycles. The molecule has 2 aromatic carbocycles. The van der Waals surface area contributed by atoms with Gasteiger partial charge in [0.25, 0.3) is 0 Å². The van der Waals surface area contributed by atoms with Crippen LogP contribution in [0.2, 0.25) is 15.1 Å². The van der Waals surface area contributed by atoms with Crippen molar-refractivity contribution < 1.29 is 13.9 Å². The van der Waals surface area contributed by atoms with Crippen molar-refractivity contribution in [1.29, 1.82) is 0 Å². The molecular weight excluding hydrogens is 390 g/mol. The minimum absolute atomic E-state index is 0.116. The van der Waals surface area contributed by atoms with Crippen LogP contribution < -0.4 is 10.2 Å². The van der Waals surface area contributed by atoms with Gasteiger partial charge in [0, 0.05) is 17.0 Å². The van der Waals surface area contributed by atoms with E-state index in [4.69, 9.17) is 39.5 Å². The third-order valence-corrected chi connectivity index (χ3v) is 3.94. The smallest absolute Gasteiger partial charge is 0.240 e. The van der Waals surface area contributed by atoms with Gasteiger partial charge in [0.1, 0.15) is 11.6 Å². The second-order valence-electron chi connectivity index (χ2n) is 4.96. The lowest BCUT2D eigenvalue weighted by Crippen LogP contribution is -2.18. The first-order chi connectivity index (χ1) is 12.0. The zero-order valence-corrected chi connectivity index (χ0v) is 15.2. The van der Waals surface area contributed by atoms with Crippen molar-refractivity contribution >= 4 is 46.9 Å². The minimum atomic E-state index is -0.515. The Labute approximate surface area is 159 Å². The Morgan fingerprint density at radius 1 is 1.20 bits per heavy atom. The van der Waals surface area contributed by atoms with Crippen LogP contribution in [-0.4, -0.2) is 18.7 Å². The maximum atomic E-state index is 13.5. The van der Waals surface area contributed by atoms with Crippen LogP contribution in [0.15, 0.2) is 41.5 Å². The molecule has 25 heavy (non-hydrogen) atoms. The number of benzene rings is 2. The van der Waals surface area contributed by atoms with Gasteiger partial charge in [-0.2, -0.15) is 5.10 Å². The molecule has 0 saturated carbocycles. The average molecular weight is 404 g/mol. The SMILES string of the molecule is O=C(CCCOc1ccc(Cl)cc1Cl)N/N=C/c1c(F)cccc1Cl. The lowest BCUT2D eigenvalue weighted by atomic mass is 10.2. The standard InChI is InChI=1S/C17H14Cl3FN2O2/c18-11-6-7-16(14(20)9-11)25-8-2-5-17(24)23-22-10-12-13(19)3-1-4-15(12)21/h1,3-4,6-7,9-10H,2,5,8H2,(H,23,24)/b22-10+. The largest absolute Gasteiger partial charge is 0.492 e. The summed E-state index contributed by atoms with van der Waals surface area (Å²) in [6.45, 7) is 0.303. The average Bonchev–Trinajstić information content (AvgIpc) is 2.56. The molecule has 0 bridgehead atoms. The number of ether oxygens (including phenoxy) is 1. The van der Waals surface area contributed by atoms with Gasteiger partial charge in [-0.05, 0) is 36.8 Å². The highest BCUT2D eigenvalue weighted by atomic mass is 35.5. The number of nitrogens with zero attached hydrogens (tertiary/aromatic N) is 1. The highest BCUT2D eigenvalue weighted by Gasteiger charge is 2.05. The minimum Gasteiger partial charge on any atom is -0.492 e. The van der Waals surface area contributed by atoms with Crippen LogP contribution in [0.4, 0.5) is 4.39 Å². The van der Waals surface area contributed by atoms with Gasteiger partial charge in [-0.25, -0.2) is 9.82 Å². The fourth-order valence-corrected chi connectivity index (χ4v) is 2.54. The molecule has 132 valence electrons. The topological polar surface area (TPSA) is 50.7 Å². The van der Waals surface area contributed by atoms with Crippen molar-refractivity contribution in [3.05, 3.63) is 62.8 Å². The van der Waals surface area contributed by atoms with E-state index in [2.05, 4.69) is 10.5 Å². The second-order valence-corrected chi connectivity index (χ2v) is 6.21. The molecule has 1 N–H and O–H groups in total. The third kappa shape index (κ3) is 6.20. The highest BCUT2D eigenvalue weighted by molar-refractivity contribution is 6.35. The van der Waals surface area contributed by atoms with Gasteiger partial charge >= 0.3 is 0 Å². The van der Waals surface area contributed by atoms with Gasteiger partial charge in [-0.3, -0.25) is 4.79 Å². The molecule has 0 fully saturated rings. The summed E-state index contributed by atoms with van der Waals surface area (Å²) in [7, 11) is 0. The lowest BCUT2D eigenvalue weighted by molar-refractivity contribution is -0.121. The van der Waals surface area contributed by atoms with Crippen molar-refractivity contribution in [3.63, 3.8) is 0 Å². The Balaban J connectivity index is 1.73. The molecule has 0 aliphatic rings. The summed E-state index contributed by atoms with van der Waals surface area (Å²) in [5, 5.41) is 4.84. The Kier molecular flexibility index (Phi) is 7.50. The number of carbonyl (C=O) groups is 1. The molecule has 0 atom stereocenters. The van der Waals surface area contributed by atoms with E-state index < -0.39 is 5.82 Å². The molecule has 0 aliphatic heterocycles. The fraction of sp³-hybridized carbons (Fsp3) is 0.176. The molecule has 2 rings (SSSR count). The fourth-order valence-electron chi connectivity index (χ4n) is 1.87. The molecule has 8 heteroatoms. The number of hydrogen-bond donors (Lipinski definition) is 1. The zero-order valence-electron chi connectivity index (χ0n) is 12.9. The van der Waals surface area contributed by atoms with Gasteiger partial charge in [0.2, 0.25) is 5.91 Å². The number of amides is 1. The summed E-state index contributed by atoms with van der Waals surface area (Å²) >= 11 is 17.6. The van der Waals surface area contributed by atoms with E-state index in [0.717, 1.165) is 0 Å². The molecule has 4 nitrogen and oxygen atoms in total. The first-order valence-electron chi connectivity index (χ1n) is 7.31. The summed E-state index contributed by atoms with van der Waals surface area (Å²) in [6, 6.07) is 9.18. The van der Waals surface area contributed by atoms with Crippen molar-refractivity contribution in [2.45, 2.75) is 12.8 Å². The summed E-state index contributed by atoms with van der Waals surface area (Å²) in [6.07, 6.45) is 1.81. The van der Waals surface area contributed by atoms with E-state index in [1.54, 1.807) is 18.2 Å². The van der Waals surface area contributed by atoms with E-state index in [1.807, 2.05) is 0 Å². The van der Waals surface area contributed by atoms with E-state index in [1.165, 1.54) is 24.4 Å². The van der Waals surface area contributed by atoms with Crippen LogP contribution in [0.5, 0.6) is 5.75 Å². The normalized spacial score (nSPS) is 10.9. The Bertz CT molecular complexity index is 764.